The Hall–Kier alpha value is -2.27. The summed E-state index contributed by atoms with van der Waals surface area (Å²) in [5.41, 5.74) is 1.71. The van der Waals surface area contributed by atoms with E-state index in [2.05, 4.69) is 11.0 Å². The van der Waals surface area contributed by atoms with Crippen molar-refractivity contribution in [1.82, 2.24) is 9.21 Å². The Morgan fingerprint density at radius 2 is 1.81 bits per heavy atom. The summed E-state index contributed by atoms with van der Waals surface area (Å²) in [5, 5.41) is 8.86. The molecule has 0 N–H and O–H groups in total. The topological polar surface area (TPSA) is 64.4 Å². The van der Waals surface area contributed by atoms with Crippen molar-refractivity contribution in [2.75, 3.05) is 26.2 Å². The molecule has 26 heavy (non-hydrogen) atoms. The summed E-state index contributed by atoms with van der Waals surface area (Å²) < 4.78 is 40.3. The van der Waals surface area contributed by atoms with Gasteiger partial charge >= 0.3 is 0 Å². The lowest BCUT2D eigenvalue weighted by Gasteiger charge is -2.22. The van der Waals surface area contributed by atoms with E-state index in [1.165, 1.54) is 22.5 Å². The number of rotatable bonds is 4. The fourth-order valence-electron chi connectivity index (χ4n) is 3.07. The highest BCUT2D eigenvalue weighted by Crippen LogP contribution is 2.19. The first-order valence-corrected chi connectivity index (χ1v) is 9.90. The molecule has 0 bridgehead atoms. The van der Waals surface area contributed by atoms with Crippen molar-refractivity contribution in [2.45, 2.75) is 17.9 Å². The summed E-state index contributed by atoms with van der Waals surface area (Å²) in [4.78, 5) is 2.20. The Labute approximate surface area is 153 Å². The summed E-state index contributed by atoms with van der Waals surface area (Å²) in [7, 11) is -3.68. The van der Waals surface area contributed by atoms with Gasteiger partial charge in [-0.05, 0) is 48.9 Å². The second kappa shape index (κ2) is 7.96. The second-order valence-corrected chi connectivity index (χ2v) is 8.24. The van der Waals surface area contributed by atoms with Gasteiger partial charge < -0.3 is 0 Å². The summed E-state index contributed by atoms with van der Waals surface area (Å²) in [6, 6.07) is 14.7. The van der Waals surface area contributed by atoms with E-state index >= 15 is 0 Å². The molecule has 3 rings (SSSR count). The third-order valence-corrected chi connectivity index (χ3v) is 6.37. The van der Waals surface area contributed by atoms with Gasteiger partial charge in [-0.1, -0.05) is 18.2 Å². The SMILES string of the molecule is N#Cc1ccc(CN2CCCN(S(=O)(=O)c3cccc(F)c3)CC2)cc1. The molecule has 0 amide bonds. The first kappa shape index (κ1) is 18.5. The number of nitrogens with zero attached hydrogens (tertiary/aromatic N) is 3. The molecule has 5 nitrogen and oxygen atoms in total. The third kappa shape index (κ3) is 4.28. The smallest absolute Gasteiger partial charge is 0.243 e. The quantitative estimate of drug-likeness (QED) is 0.826. The molecular weight excluding hydrogens is 353 g/mol. The molecule has 136 valence electrons. The summed E-state index contributed by atoms with van der Waals surface area (Å²) in [6.45, 7) is 2.89. The number of hydrogen-bond acceptors (Lipinski definition) is 4. The Morgan fingerprint density at radius 3 is 2.50 bits per heavy atom. The molecule has 1 fully saturated rings. The average Bonchev–Trinajstić information content (AvgIpc) is 2.88. The fraction of sp³-hybridized carbons (Fsp3) is 0.316. The van der Waals surface area contributed by atoms with Crippen LogP contribution in [0.5, 0.6) is 0 Å². The zero-order valence-corrected chi connectivity index (χ0v) is 15.1. The monoisotopic (exact) mass is 373 g/mol. The molecule has 0 radical (unpaired) electrons. The van der Waals surface area contributed by atoms with E-state index in [1.54, 1.807) is 12.1 Å². The van der Waals surface area contributed by atoms with Crippen LogP contribution in [-0.4, -0.2) is 43.8 Å². The van der Waals surface area contributed by atoms with Crippen molar-refractivity contribution < 1.29 is 12.8 Å². The van der Waals surface area contributed by atoms with Gasteiger partial charge in [0.1, 0.15) is 5.82 Å². The predicted octanol–water partition coefficient (Wildman–Crippen LogP) is 2.59. The summed E-state index contributed by atoms with van der Waals surface area (Å²) in [5.74, 6) is -0.552. The minimum atomic E-state index is -3.68. The van der Waals surface area contributed by atoms with Crippen LogP contribution in [0.2, 0.25) is 0 Å². The Kier molecular flexibility index (Phi) is 5.67. The van der Waals surface area contributed by atoms with Crippen LogP contribution in [0.1, 0.15) is 17.5 Å². The molecule has 1 saturated heterocycles. The molecule has 0 aliphatic carbocycles. The van der Waals surface area contributed by atoms with Crippen molar-refractivity contribution in [3.8, 4) is 6.07 Å². The minimum absolute atomic E-state index is 0.00181. The normalized spacial score (nSPS) is 16.8. The summed E-state index contributed by atoms with van der Waals surface area (Å²) >= 11 is 0. The summed E-state index contributed by atoms with van der Waals surface area (Å²) in [6.07, 6.45) is 0.713. The maximum absolute atomic E-state index is 13.4. The highest BCUT2D eigenvalue weighted by atomic mass is 32.2. The number of sulfonamides is 1. The number of benzene rings is 2. The van der Waals surface area contributed by atoms with Crippen molar-refractivity contribution in [1.29, 1.82) is 5.26 Å². The molecule has 0 atom stereocenters. The molecule has 7 heteroatoms. The van der Waals surface area contributed by atoms with Crippen molar-refractivity contribution >= 4 is 10.0 Å². The molecule has 0 aromatic heterocycles. The zero-order chi connectivity index (χ0) is 18.6. The maximum atomic E-state index is 13.4. The van der Waals surface area contributed by atoms with Crippen LogP contribution in [0.3, 0.4) is 0 Å². The minimum Gasteiger partial charge on any atom is -0.298 e. The van der Waals surface area contributed by atoms with E-state index in [4.69, 9.17) is 5.26 Å². The number of halogens is 1. The van der Waals surface area contributed by atoms with Gasteiger partial charge in [0.15, 0.2) is 0 Å². The molecule has 1 aliphatic heterocycles. The van der Waals surface area contributed by atoms with Crippen molar-refractivity contribution in [2.24, 2.45) is 0 Å². The van der Waals surface area contributed by atoms with Crippen LogP contribution in [0.25, 0.3) is 0 Å². The van der Waals surface area contributed by atoms with Gasteiger partial charge in [-0.2, -0.15) is 9.57 Å². The Balaban J connectivity index is 1.67. The highest BCUT2D eigenvalue weighted by Gasteiger charge is 2.27. The number of nitriles is 1. The Bertz CT molecular complexity index is 907. The lowest BCUT2D eigenvalue weighted by atomic mass is 10.1. The molecule has 0 spiro atoms. The third-order valence-electron chi connectivity index (χ3n) is 4.47. The van der Waals surface area contributed by atoms with E-state index in [0.717, 1.165) is 18.2 Å². The lowest BCUT2D eigenvalue weighted by molar-refractivity contribution is 0.278. The lowest BCUT2D eigenvalue weighted by Crippen LogP contribution is -2.35. The van der Waals surface area contributed by atoms with Crippen LogP contribution in [-0.2, 0) is 16.6 Å². The molecule has 2 aromatic carbocycles. The molecule has 1 heterocycles. The van der Waals surface area contributed by atoms with E-state index < -0.39 is 15.8 Å². The van der Waals surface area contributed by atoms with Gasteiger partial charge in [0.05, 0.1) is 16.5 Å². The van der Waals surface area contributed by atoms with E-state index in [9.17, 15) is 12.8 Å². The molecule has 0 saturated carbocycles. The first-order valence-electron chi connectivity index (χ1n) is 8.46. The van der Waals surface area contributed by atoms with Crippen LogP contribution in [0, 0.1) is 17.1 Å². The fourth-order valence-corrected chi connectivity index (χ4v) is 4.57. The van der Waals surface area contributed by atoms with Crippen LogP contribution >= 0.6 is 0 Å². The molecular formula is C19H20FN3O2S. The molecule has 0 unspecified atom stereocenters. The van der Waals surface area contributed by atoms with E-state index in [1.807, 2.05) is 12.1 Å². The van der Waals surface area contributed by atoms with Crippen LogP contribution in [0.15, 0.2) is 53.4 Å². The van der Waals surface area contributed by atoms with Crippen LogP contribution in [0.4, 0.5) is 4.39 Å². The van der Waals surface area contributed by atoms with Crippen molar-refractivity contribution in [3.05, 3.63) is 65.5 Å². The largest absolute Gasteiger partial charge is 0.298 e. The van der Waals surface area contributed by atoms with E-state index in [-0.39, 0.29) is 4.90 Å². The maximum Gasteiger partial charge on any atom is 0.243 e. The zero-order valence-electron chi connectivity index (χ0n) is 14.3. The second-order valence-electron chi connectivity index (χ2n) is 6.30. The highest BCUT2D eigenvalue weighted by molar-refractivity contribution is 7.89. The average molecular weight is 373 g/mol. The first-order chi connectivity index (χ1) is 12.5. The standard InChI is InChI=1S/C19H20FN3O2S/c20-18-3-1-4-19(13-18)26(24,25)23-10-2-9-22(11-12-23)15-17-7-5-16(14-21)6-8-17/h1,3-8,13H,2,9-12,15H2. The number of hydrogen-bond donors (Lipinski definition) is 0. The van der Waals surface area contributed by atoms with Gasteiger partial charge in [0.2, 0.25) is 10.0 Å². The van der Waals surface area contributed by atoms with Gasteiger partial charge in [-0.15, -0.1) is 0 Å². The van der Waals surface area contributed by atoms with Gasteiger partial charge in [0.25, 0.3) is 0 Å². The van der Waals surface area contributed by atoms with E-state index in [0.29, 0.717) is 38.2 Å². The van der Waals surface area contributed by atoms with Crippen molar-refractivity contribution in [3.63, 3.8) is 0 Å². The molecule has 2 aromatic rings. The molecule has 1 aliphatic rings. The van der Waals surface area contributed by atoms with Gasteiger partial charge in [-0.25, -0.2) is 12.8 Å². The van der Waals surface area contributed by atoms with Gasteiger partial charge in [-0.3, -0.25) is 4.90 Å². The van der Waals surface area contributed by atoms with Crippen LogP contribution < -0.4 is 0 Å². The Morgan fingerprint density at radius 1 is 1.04 bits per heavy atom. The predicted molar refractivity (Wildman–Crippen MR) is 96.2 cm³/mol. The van der Waals surface area contributed by atoms with Gasteiger partial charge in [0, 0.05) is 26.2 Å².